The van der Waals surface area contributed by atoms with Gasteiger partial charge in [-0.15, -0.1) is 0 Å². The van der Waals surface area contributed by atoms with E-state index in [4.69, 9.17) is 23.7 Å². The van der Waals surface area contributed by atoms with Crippen molar-refractivity contribution in [1.29, 1.82) is 0 Å². The molecule has 4 aliphatic rings. The zero-order valence-corrected chi connectivity index (χ0v) is 41.2. The Morgan fingerprint density at radius 3 is 2.25 bits per heavy atom. The van der Waals surface area contributed by atoms with E-state index in [0.29, 0.717) is 56.4 Å². The van der Waals surface area contributed by atoms with Crippen LogP contribution in [0.25, 0.3) is 0 Å². The molecule has 0 aromatic heterocycles. The number of carbonyl (C=O) groups is 5. The number of esters is 1. The van der Waals surface area contributed by atoms with Crippen molar-refractivity contribution in [3.63, 3.8) is 0 Å². The minimum absolute atomic E-state index is 0.0304. The Balaban J connectivity index is 1.70. The number of cyclic esters (lactones) is 1. The lowest BCUT2D eigenvalue weighted by atomic mass is 9.76. The van der Waals surface area contributed by atoms with Crippen LogP contribution in [0.2, 0.25) is 0 Å². The summed E-state index contributed by atoms with van der Waals surface area (Å²) in [6.07, 6.45) is 13.6. The topological polar surface area (TPSA) is 175 Å². The van der Waals surface area contributed by atoms with Gasteiger partial charge in [0.15, 0.2) is 5.78 Å². The van der Waals surface area contributed by atoms with Crippen LogP contribution in [0.1, 0.15) is 132 Å². The molecule has 0 radical (unpaired) electrons. The van der Waals surface area contributed by atoms with Crippen molar-refractivity contribution in [2.24, 2.45) is 41.4 Å². The Labute approximate surface area is 388 Å². The summed E-state index contributed by atoms with van der Waals surface area (Å²) in [4.78, 5) is 71.9. The zero-order chi connectivity index (χ0) is 48.2. The van der Waals surface area contributed by atoms with E-state index in [0.717, 1.165) is 24.8 Å². The lowest BCUT2D eigenvalue weighted by Crippen LogP contribution is -2.61. The number of fused-ring (bicyclic) bond motifs is 3. The van der Waals surface area contributed by atoms with Gasteiger partial charge in [-0.25, -0.2) is 4.79 Å². The molecule has 1 amide bonds. The molecular formula is C52H81NO12. The van der Waals surface area contributed by atoms with E-state index in [2.05, 4.69) is 6.92 Å². The van der Waals surface area contributed by atoms with E-state index in [1.807, 2.05) is 58.1 Å². The summed E-state index contributed by atoms with van der Waals surface area (Å²) < 4.78 is 29.7. The summed E-state index contributed by atoms with van der Waals surface area (Å²) in [5, 5.41) is 23.4. The monoisotopic (exact) mass is 912 g/mol. The molecule has 15 atom stereocenters. The normalized spacial score (nSPS) is 39.1. The van der Waals surface area contributed by atoms with Crippen LogP contribution < -0.4 is 0 Å². The third kappa shape index (κ3) is 14.3. The van der Waals surface area contributed by atoms with Gasteiger partial charge in [0.2, 0.25) is 5.79 Å². The van der Waals surface area contributed by atoms with E-state index >= 15 is 0 Å². The fraction of sp³-hybridized carbons (Fsp3) is 0.750. The maximum Gasteiger partial charge on any atom is 0.329 e. The smallest absolute Gasteiger partial charge is 0.329 e. The summed E-state index contributed by atoms with van der Waals surface area (Å²) in [6, 6.07) is -1.11. The number of ether oxygens (including phenoxy) is 5. The zero-order valence-electron chi connectivity index (χ0n) is 41.2. The Morgan fingerprint density at radius 2 is 1.57 bits per heavy atom. The summed E-state index contributed by atoms with van der Waals surface area (Å²) >= 11 is 0. The highest BCUT2D eigenvalue weighted by molar-refractivity contribution is 6.39. The Kier molecular flexibility index (Phi) is 21.0. The fourth-order valence-corrected chi connectivity index (χ4v) is 10.4. The lowest BCUT2D eigenvalue weighted by Gasteiger charge is -2.42. The number of methoxy groups -OCH3 is 3. The summed E-state index contributed by atoms with van der Waals surface area (Å²) in [7, 11) is 4.70. The van der Waals surface area contributed by atoms with Gasteiger partial charge < -0.3 is 38.8 Å². The van der Waals surface area contributed by atoms with Gasteiger partial charge in [0.25, 0.3) is 11.7 Å². The maximum absolute atomic E-state index is 14.4. The third-order valence-electron chi connectivity index (χ3n) is 14.8. The number of amides is 1. The summed E-state index contributed by atoms with van der Waals surface area (Å²) in [5.41, 5.74) is 1.30. The average Bonchev–Trinajstić information content (AvgIpc) is 3.28. The second-order valence-electron chi connectivity index (χ2n) is 20.0. The molecule has 0 spiro atoms. The number of aliphatic hydroxyl groups is 2. The number of Topliss-reactive ketones (excluding diaryl/α,β-unsaturated/α-hetero) is 3. The molecule has 1 aliphatic carbocycles. The van der Waals surface area contributed by atoms with Crippen molar-refractivity contribution in [2.45, 2.75) is 181 Å². The van der Waals surface area contributed by atoms with Gasteiger partial charge in [-0.05, 0) is 113 Å². The van der Waals surface area contributed by atoms with Crippen molar-refractivity contribution in [1.82, 2.24) is 4.90 Å². The first kappa shape index (κ1) is 54.3. The van der Waals surface area contributed by atoms with E-state index in [1.165, 1.54) is 12.0 Å². The van der Waals surface area contributed by atoms with Crippen molar-refractivity contribution in [3.05, 3.63) is 47.6 Å². The van der Waals surface area contributed by atoms with Gasteiger partial charge in [-0.1, -0.05) is 78.0 Å². The molecule has 0 aromatic carbocycles. The maximum atomic E-state index is 14.4. The Morgan fingerprint density at radius 1 is 0.846 bits per heavy atom. The van der Waals surface area contributed by atoms with Crippen LogP contribution in [0.3, 0.4) is 0 Å². The van der Waals surface area contributed by atoms with Crippen molar-refractivity contribution in [2.75, 3.05) is 27.9 Å². The van der Waals surface area contributed by atoms with E-state index in [9.17, 15) is 34.2 Å². The van der Waals surface area contributed by atoms with Crippen molar-refractivity contribution >= 4 is 29.2 Å². The molecule has 65 heavy (non-hydrogen) atoms. The predicted octanol–water partition coefficient (Wildman–Crippen LogP) is 7.46. The number of allylic oxidation sites excluding steroid dienone is 6. The second kappa shape index (κ2) is 25.2. The minimum Gasteiger partial charge on any atom is -0.460 e. The van der Waals surface area contributed by atoms with Crippen LogP contribution in [0, 0.1) is 41.4 Å². The van der Waals surface area contributed by atoms with Crippen LogP contribution in [-0.2, 0) is 47.7 Å². The molecule has 2 N–H and O–H groups in total. The third-order valence-corrected chi connectivity index (χ3v) is 14.8. The molecular weight excluding hydrogens is 831 g/mol. The number of aliphatic hydroxyl groups excluding tert-OH is 1. The predicted molar refractivity (Wildman–Crippen MR) is 248 cm³/mol. The van der Waals surface area contributed by atoms with Crippen LogP contribution in [0.4, 0.5) is 0 Å². The molecule has 13 heteroatoms. The number of hydrogen-bond donors (Lipinski definition) is 2. The molecule has 1 unspecified atom stereocenters. The van der Waals surface area contributed by atoms with Crippen LogP contribution in [0.5, 0.6) is 0 Å². The molecule has 366 valence electrons. The molecule has 1 saturated carbocycles. The second-order valence-corrected chi connectivity index (χ2v) is 20.0. The van der Waals surface area contributed by atoms with Crippen LogP contribution in [0.15, 0.2) is 47.6 Å². The van der Waals surface area contributed by atoms with Gasteiger partial charge in [0, 0.05) is 58.5 Å². The van der Waals surface area contributed by atoms with Gasteiger partial charge >= 0.3 is 5.97 Å². The standard InChI is InChI=1S/C52H81NO12/c1-31-17-13-12-14-18-32(2)44(62-10)29-40-23-21-38(8)52(60,65-40)49(57)50(58)53-24-16-15-19-41(53)51(59)64-45(35(5)27-39-22-20-33(3)43(28-39)61-9)30-42(54)34(4)26-37(7)47(56)48(63-11)46(55)36(6)25-31/h12-14,17-18,26,31,33-36,38-41,43-45,47-48,56,60H,15-16,19-25,27-30H2,1-11H3/b14-12?,17-13+,32-18?,37-26+/t31-,33?,34-,35-,36+,38-,39+,40+,41+,43-,44+,45+,47-,48+,52-/m1/s1. The number of nitrogens with zero attached hydrogens (tertiary/aromatic N) is 1. The lowest BCUT2D eigenvalue weighted by molar-refractivity contribution is -0.265. The van der Waals surface area contributed by atoms with Gasteiger partial charge in [-0.3, -0.25) is 19.2 Å². The average molecular weight is 912 g/mol. The van der Waals surface area contributed by atoms with E-state index in [1.54, 1.807) is 41.1 Å². The Bertz CT molecular complexity index is 1750. The molecule has 4 rings (SSSR count). The number of piperidine rings is 1. The molecule has 3 fully saturated rings. The minimum atomic E-state index is -2.41. The van der Waals surface area contributed by atoms with Gasteiger partial charge in [-0.2, -0.15) is 0 Å². The van der Waals surface area contributed by atoms with E-state index in [-0.39, 0.29) is 54.8 Å². The molecule has 13 nitrogen and oxygen atoms in total. The fourth-order valence-electron chi connectivity index (χ4n) is 10.4. The Hall–Kier alpha value is -3.33. The summed E-state index contributed by atoms with van der Waals surface area (Å²) in [5.74, 6) is -7.07. The highest BCUT2D eigenvalue weighted by Gasteiger charge is 2.53. The van der Waals surface area contributed by atoms with E-state index < -0.39 is 77.8 Å². The van der Waals surface area contributed by atoms with Crippen molar-refractivity contribution in [3.8, 4) is 0 Å². The highest BCUT2D eigenvalue weighted by atomic mass is 16.6. The number of rotatable bonds is 6. The first-order valence-corrected chi connectivity index (χ1v) is 24.2. The number of carbonyl (C=O) groups excluding carboxylic acids is 5. The first-order chi connectivity index (χ1) is 30.7. The van der Waals surface area contributed by atoms with Crippen molar-refractivity contribution < 1.29 is 57.9 Å². The number of hydrogen-bond acceptors (Lipinski definition) is 12. The van der Waals surface area contributed by atoms with Gasteiger partial charge in [0.1, 0.15) is 30.1 Å². The van der Waals surface area contributed by atoms with Crippen LogP contribution in [-0.4, -0.2) is 121 Å². The number of ketones is 3. The first-order valence-electron chi connectivity index (χ1n) is 24.2. The molecule has 3 aliphatic heterocycles. The van der Waals surface area contributed by atoms with Crippen LogP contribution >= 0.6 is 0 Å². The molecule has 2 bridgehead atoms. The molecule has 0 aromatic rings. The molecule has 3 heterocycles. The summed E-state index contributed by atoms with van der Waals surface area (Å²) in [6.45, 7) is 15.1. The van der Waals surface area contributed by atoms with Gasteiger partial charge in [0.05, 0.1) is 18.3 Å². The molecule has 2 saturated heterocycles. The SMILES string of the molecule is CO[C@H]1C[C@@H]2CC[C@@H](C)[C@@](O)(O2)C(=O)C(=O)N2CCCC[C@H]2C(=O)O[C@H]([C@H](C)C[C@@H]2CCC(C)[C@H](OC)C2)CC(=O)[C@H](C)/C=C(\C)[C@@H](O)[C@@H](OC)C(=O)[C@@H](C)C[C@H](C)/C=C/C=CC=C1C. The highest BCUT2D eigenvalue weighted by Crippen LogP contribution is 2.38. The quantitative estimate of drug-likeness (QED) is 0.153. The largest absolute Gasteiger partial charge is 0.460 e.